The van der Waals surface area contributed by atoms with E-state index in [1.807, 2.05) is 38.1 Å². The zero-order valence-electron chi connectivity index (χ0n) is 12.6. The molecule has 110 valence electrons. The summed E-state index contributed by atoms with van der Waals surface area (Å²) in [5.74, 6) is -0.237. The molecule has 0 amide bonds. The van der Waals surface area contributed by atoms with Crippen LogP contribution >= 0.6 is 0 Å². The maximum absolute atomic E-state index is 12.1. The molecule has 0 N–H and O–H groups in total. The number of rotatable bonds is 7. The molecule has 3 nitrogen and oxygen atoms in total. The van der Waals surface area contributed by atoms with Crippen LogP contribution in [0.25, 0.3) is 0 Å². The third kappa shape index (κ3) is 3.40. The van der Waals surface area contributed by atoms with Gasteiger partial charge in [-0.3, -0.25) is 0 Å². The zero-order valence-corrected chi connectivity index (χ0v) is 12.6. The van der Waals surface area contributed by atoms with Gasteiger partial charge >= 0.3 is 5.97 Å². The van der Waals surface area contributed by atoms with E-state index in [2.05, 4.69) is 6.92 Å². The summed E-state index contributed by atoms with van der Waals surface area (Å²) in [6.07, 6.45) is 4.26. The lowest BCUT2D eigenvalue weighted by Gasteiger charge is -2.08. The highest BCUT2D eigenvalue weighted by atomic mass is 16.7. The SMILES string of the molecule is CCCCCCOC(=O)C1(C)OC1c1ccc(C)cc1. The first-order valence-corrected chi connectivity index (χ1v) is 7.49. The average molecular weight is 276 g/mol. The molecule has 0 spiro atoms. The second-order valence-electron chi connectivity index (χ2n) is 5.71. The Morgan fingerprint density at radius 3 is 2.60 bits per heavy atom. The number of esters is 1. The number of epoxide rings is 1. The van der Waals surface area contributed by atoms with Crippen LogP contribution in [0.5, 0.6) is 0 Å². The molecule has 1 aromatic rings. The summed E-state index contributed by atoms with van der Waals surface area (Å²) in [5, 5.41) is 0. The molecule has 0 aliphatic carbocycles. The van der Waals surface area contributed by atoms with Gasteiger partial charge in [0.25, 0.3) is 0 Å². The summed E-state index contributed by atoms with van der Waals surface area (Å²) < 4.78 is 10.9. The van der Waals surface area contributed by atoms with Crippen molar-refractivity contribution in [3.8, 4) is 0 Å². The van der Waals surface area contributed by atoms with Crippen molar-refractivity contribution in [2.45, 2.75) is 58.2 Å². The first-order valence-electron chi connectivity index (χ1n) is 7.49. The van der Waals surface area contributed by atoms with Crippen LogP contribution in [0.1, 0.15) is 56.8 Å². The minimum atomic E-state index is -0.792. The van der Waals surface area contributed by atoms with Gasteiger partial charge in [0, 0.05) is 0 Å². The summed E-state index contributed by atoms with van der Waals surface area (Å²) in [6, 6.07) is 8.10. The lowest BCUT2D eigenvalue weighted by molar-refractivity contribution is -0.149. The van der Waals surface area contributed by atoms with Gasteiger partial charge in [-0.2, -0.15) is 0 Å². The zero-order chi connectivity index (χ0) is 14.6. The van der Waals surface area contributed by atoms with Gasteiger partial charge in [-0.15, -0.1) is 0 Å². The molecule has 1 fully saturated rings. The minimum absolute atomic E-state index is 0.161. The van der Waals surface area contributed by atoms with Gasteiger partial charge in [0.05, 0.1) is 6.61 Å². The quantitative estimate of drug-likeness (QED) is 0.430. The number of hydrogen-bond acceptors (Lipinski definition) is 3. The monoisotopic (exact) mass is 276 g/mol. The van der Waals surface area contributed by atoms with Gasteiger partial charge in [0.1, 0.15) is 6.10 Å². The van der Waals surface area contributed by atoms with E-state index in [-0.39, 0.29) is 12.1 Å². The molecule has 0 radical (unpaired) electrons. The largest absolute Gasteiger partial charge is 0.463 e. The molecule has 0 saturated carbocycles. The van der Waals surface area contributed by atoms with Crippen molar-refractivity contribution < 1.29 is 14.3 Å². The summed E-state index contributed by atoms with van der Waals surface area (Å²) in [5.41, 5.74) is 1.45. The Hall–Kier alpha value is -1.35. The van der Waals surface area contributed by atoms with Crippen molar-refractivity contribution in [2.24, 2.45) is 0 Å². The first kappa shape index (κ1) is 15.0. The molecule has 0 bridgehead atoms. The van der Waals surface area contributed by atoms with Crippen LogP contribution in [-0.2, 0) is 14.3 Å². The van der Waals surface area contributed by atoms with Gasteiger partial charge in [0.15, 0.2) is 5.60 Å². The molecule has 0 aromatic heterocycles. The van der Waals surface area contributed by atoms with Crippen LogP contribution in [0.4, 0.5) is 0 Å². The maximum atomic E-state index is 12.1. The summed E-state index contributed by atoms with van der Waals surface area (Å²) in [6.45, 7) is 6.52. The highest BCUT2D eigenvalue weighted by Gasteiger charge is 2.60. The molecule has 1 aliphatic rings. The molecule has 1 aromatic carbocycles. The number of unbranched alkanes of at least 4 members (excludes halogenated alkanes) is 3. The van der Waals surface area contributed by atoms with Crippen molar-refractivity contribution in [2.75, 3.05) is 6.61 Å². The minimum Gasteiger partial charge on any atom is -0.463 e. The van der Waals surface area contributed by atoms with Crippen LogP contribution in [0, 0.1) is 6.92 Å². The topological polar surface area (TPSA) is 38.8 Å². The van der Waals surface area contributed by atoms with Crippen molar-refractivity contribution in [1.29, 1.82) is 0 Å². The first-order chi connectivity index (χ1) is 9.58. The fourth-order valence-electron chi connectivity index (χ4n) is 2.33. The van der Waals surface area contributed by atoms with Crippen LogP contribution in [-0.4, -0.2) is 18.2 Å². The van der Waals surface area contributed by atoms with Gasteiger partial charge in [-0.25, -0.2) is 4.79 Å². The number of hydrogen-bond donors (Lipinski definition) is 0. The van der Waals surface area contributed by atoms with Gasteiger partial charge < -0.3 is 9.47 Å². The van der Waals surface area contributed by atoms with E-state index >= 15 is 0 Å². The highest BCUT2D eigenvalue weighted by molar-refractivity contribution is 5.83. The maximum Gasteiger partial charge on any atom is 0.341 e. The van der Waals surface area contributed by atoms with Crippen molar-refractivity contribution >= 4 is 5.97 Å². The molecular weight excluding hydrogens is 252 g/mol. The number of carbonyl (C=O) groups excluding carboxylic acids is 1. The Morgan fingerprint density at radius 2 is 1.95 bits per heavy atom. The molecule has 3 heteroatoms. The van der Waals surface area contributed by atoms with Crippen molar-refractivity contribution in [1.82, 2.24) is 0 Å². The van der Waals surface area contributed by atoms with Crippen LogP contribution in [0.2, 0.25) is 0 Å². The number of aryl methyl sites for hydroxylation is 1. The van der Waals surface area contributed by atoms with E-state index < -0.39 is 5.60 Å². The Bertz CT molecular complexity index is 452. The third-order valence-corrected chi connectivity index (χ3v) is 3.82. The molecular formula is C17H24O3. The molecule has 1 heterocycles. The average Bonchev–Trinajstić information content (AvgIpc) is 3.13. The molecule has 2 atom stereocenters. The Morgan fingerprint density at radius 1 is 1.25 bits per heavy atom. The van der Waals surface area contributed by atoms with Crippen LogP contribution in [0.15, 0.2) is 24.3 Å². The normalized spacial score (nSPS) is 24.4. The van der Waals surface area contributed by atoms with E-state index in [9.17, 15) is 4.79 Å². The Labute approximate surface area is 121 Å². The number of carbonyl (C=O) groups is 1. The fraction of sp³-hybridized carbons (Fsp3) is 0.588. The van der Waals surface area contributed by atoms with Crippen molar-refractivity contribution in [3.05, 3.63) is 35.4 Å². The van der Waals surface area contributed by atoms with E-state index in [1.54, 1.807) is 0 Å². The summed E-state index contributed by atoms with van der Waals surface area (Å²) in [4.78, 5) is 12.1. The standard InChI is InChI=1S/C17H24O3/c1-4-5-6-7-12-19-16(18)17(3)15(20-17)14-10-8-13(2)9-11-14/h8-11,15H,4-7,12H2,1-3H3. The van der Waals surface area contributed by atoms with E-state index in [1.165, 1.54) is 18.4 Å². The van der Waals surface area contributed by atoms with Gasteiger partial charge in [0.2, 0.25) is 0 Å². The fourth-order valence-corrected chi connectivity index (χ4v) is 2.33. The lowest BCUT2D eigenvalue weighted by atomic mass is 10.0. The third-order valence-electron chi connectivity index (χ3n) is 3.82. The summed E-state index contributed by atoms with van der Waals surface area (Å²) >= 11 is 0. The van der Waals surface area contributed by atoms with Crippen molar-refractivity contribution in [3.63, 3.8) is 0 Å². The van der Waals surface area contributed by atoms with E-state index in [4.69, 9.17) is 9.47 Å². The smallest absolute Gasteiger partial charge is 0.341 e. The summed E-state index contributed by atoms with van der Waals surface area (Å²) in [7, 11) is 0. The molecule has 2 unspecified atom stereocenters. The second kappa shape index (κ2) is 6.40. The van der Waals surface area contributed by atoms with Crippen LogP contribution < -0.4 is 0 Å². The van der Waals surface area contributed by atoms with Gasteiger partial charge in [-0.1, -0.05) is 56.0 Å². The highest BCUT2D eigenvalue weighted by Crippen LogP contribution is 2.50. The predicted octanol–water partition coefficient (Wildman–Crippen LogP) is 3.95. The number of benzene rings is 1. The number of ether oxygens (including phenoxy) is 2. The Balaban J connectivity index is 1.81. The van der Waals surface area contributed by atoms with E-state index in [0.717, 1.165) is 18.4 Å². The Kier molecular flexibility index (Phi) is 4.81. The van der Waals surface area contributed by atoms with Gasteiger partial charge in [-0.05, 0) is 25.8 Å². The second-order valence-corrected chi connectivity index (χ2v) is 5.71. The molecule has 2 rings (SSSR count). The van der Waals surface area contributed by atoms with Crippen LogP contribution in [0.3, 0.4) is 0 Å². The predicted molar refractivity (Wildman–Crippen MR) is 78.5 cm³/mol. The lowest BCUT2D eigenvalue weighted by Crippen LogP contribution is -2.24. The molecule has 1 saturated heterocycles. The molecule has 20 heavy (non-hydrogen) atoms. The van der Waals surface area contributed by atoms with E-state index in [0.29, 0.717) is 6.61 Å². The molecule has 1 aliphatic heterocycles.